The third-order valence-electron chi connectivity index (χ3n) is 6.35. The number of anilines is 2. The molecule has 2 aliphatic heterocycles. The van der Waals surface area contributed by atoms with Gasteiger partial charge in [0.15, 0.2) is 0 Å². The standard InChI is InChI=1S/C27H22F2N2O3/c28-19-7-3-17(4-8-19)24-23(25(32)18-5-9-20(29)10-6-18)26(33)27(34)31(24)22-13-11-21(12-14-22)30-15-1-2-16-30/h3-14,24,32H,1-2,15-16H2/b25-23+. The van der Waals surface area contributed by atoms with Gasteiger partial charge in [0.1, 0.15) is 17.4 Å². The molecule has 2 heterocycles. The third kappa shape index (κ3) is 3.83. The van der Waals surface area contributed by atoms with Crippen molar-refractivity contribution in [3.05, 3.63) is 101 Å². The summed E-state index contributed by atoms with van der Waals surface area (Å²) in [5.41, 5.74) is 2.05. The van der Waals surface area contributed by atoms with Crippen molar-refractivity contribution in [2.24, 2.45) is 0 Å². The maximum atomic E-state index is 13.6. The smallest absolute Gasteiger partial charge is 0.300 e. The number of aliphatic hydroxyl groups excluding tert-OH is 1. The highest BCUT2D eigenvalue weighted by Gasteiger charge is 2.47. The molecular formula is C27H22F2N2O3. The minimum atomic E-state index is -0.969. The quantitative estimate of drug-likeness (QED) is 0.331. The lowest BCUT2D eigenvalue weighted by Gasteiger charge is -2.26. The molecule has 3 aromatic rings. The largest absolute Gasteiger partial charge is 0.507 e. The van der Waals surface area contributed by atoms with E-state index in [-0.39, 0.29) is 11.1 Å². The van der Waals surface area contributed by atoms with Crippen LogP contribution >= 0.6 is 0 Å². The summed E-state index contributed by atoms with van der Waals surface area (Å²) in [6.07, 6.45) is 2.26. The Balaban J connectivity index is 1.62. The second-order valence-corrected chi connectivity index (χ2v) is 8.44. The van der Waals surface area contributed by atoms with E-state index in [1.807, 2.05) is 12.1 Å². The molecule has 0 aromatic heterocycles. The van der Waals surface area contributed by atoms with Gasteiger partial charge in [0.2, 0.25) is 0 Å². The van der Waals surface area contributed by atoms with E-state index < -0.39 is 35.1 Å². The Morgan fingerprint density at radius 1 is 0.765 bits per heavy atom. The second-order valence-electron chi connectivity index (χ2n) is 8.44. The first-order chi connectivity index (χ1) is 16.4. The molecule has 0 bridgehead atoms. The van der Waals surface area contributed by atoms with E-state index >= 15 is 0 Å². The van der Waals surface area contributed by atoms with E-state index in [2.05, 4.69) is 4.90 Å². The molecule has 1 atom stereocenters. The summed E-state index contributed by atoms with van der Waals surface area (Å²) in [4.78, 5) is 29.9. The number of halogens is 2. The summed E-state index contributed by atoms with van der Waals surface area (Å²) in [6, 6.07) is 16.8. The average molecular weight is 460 g/mol. The van der Waals surface area contributed by atoms with Crippen molar-refractivity contribution >= 4 is 28.8 Å². The predicted octanol–water partition coefficient (Wildman–Crippen LogP) is 5.19. The van der Waals surface area contributed by atoms with Gasteiger partial charge in [-0.1, -0.05) is 12.1 Å². The highest BCUT2D eigenvalue weighted by atomic mass is 19.1. The van der Waals surface area contributed by atoms with Crippen LogP contribution in [0.2, 0.25) is 0 Å². The molecule has 7 heteroatoms. The van der Waals surface area contributed by atoms with Crippen molar-refractivity contribution < 1.29 is 23.5 Å². The van der Waals surface area contributed by atoms with Crippen LogP contribution in [0.1, 0.15) is 30.0 Å². The molecule has 1 unspecified atom stereocenters. The summed E-state index contributed by atoms with van der Waals surface area (Å²) >= 11 is 0. The number of carbonyl (C=O) groups excluding carboxylic acids is 2. The van der Waals surface area contributed by atoms with E-state index in [0.29, 0.717) is 11.3 Å². The van der Waals surface area contributed by atoms with Crippen LogP contribution in [-0.4, -0.2) is 29.9 Å². The van der Waals surface area contributed by atoms with Gasteiger partial charge in [-0.05, 0) is 79.1 Å². The third-order valence-corrected chi connectivity index (χ3v) is 6.35. The highest BCUT2D eigenvalue weighted by molar-refractivity contribution is 6.51. The van der Waals surface area contributed by atoms with Gasteiger partial charge in [-0.2, -0.15) is 0 Å². The zero-order valence-corrected chi connectivity index (χ0v) is 18.2. The van der Waals surface area contributed by atoms with Crippen molar-refractivity contribution in [3.8, 4) is 0 Å². The molecule has 1 N–H and O–H groups in total. The van der Waals surface area contributed by atoms with E-state index in [1.165, 1.54) is 41.3 Å². The fraction of sp³-hybridized carbons (Fsp3) is 0.185. The van der Waals surface area contributed by atoms with Gasteiger partial charge in [-0.15, -0.1) is 0 Å². The first-order valence-electron chi connectivity index (χ1n) is 11.1. The monoisotopic (exact) mass is 460 g/mol. The van der Waals surface area contributed by atoms with Gasteiger partial charge < -0.3 is 10.0 Å². The first-order valence-corrected chi connectivity index (χ1v) is 11.1. The number of hydrogen-bond acceptors (Lipinski definition) is 4. The topological polar surface area (TPSA) is 60.9 Å². The summed E-state index contributed by atoms with van der Waals surface area (Å²) in [5.74, 6) is -3.03. The van der Waals surface area contributed by atoms with Crippen LogP contribution < -0.4 is 9.80 Å². The molecule has 5 rings (SSSR count). The lowest BCUT2D eigenvalue weighted by atomic mass is 9.95. The molecule has 2 fully saturated rings. The SMILES string of the molecule is O=C1C(=O)N(c2ccc(N3CCCC3)cc2)C(c2ccc(F)cc2)/C1=C(\O)c1ccc(F)cc1. The van der Waals surface area contributed by atoms with Crippen molar-refractivity contribution in [1.82, 2.24) is 0 Å². The van der Waals surface area contributed by atoms with Crippen molar-refractivity contribution in [1.29, 1.82) is 0 Å². The number of nitrogens with zero attached hydrogens (tertiary/aromatic N) is 2. The summed E-state index contributed by atoms with van der Waals surface area (Å²) in [7, 11) is 0. The molecule has 1 amide bonds. The average Bonchev–Trinajstić information content (AvgIpc) is 3.47. The molecule has 0 saturated carbocycles. The summed E-state index contributed by atoms with van der Waals surface area (Å²) < 4.78 is 27.1. The van der Waals surface area contributed by atoms with E-state index in [0.717, 1.165) is 43.8 Å². The molecule has 172 valence electrons. The molecule has 0 spiro atoms. The molecule has 2 aliphatic rings. The number of benzene rings is 3. The molecule has 0 radical (unpaired) electrons. The molecule has 2 saturated heterocycles. The Hall–Kier alpha value is -4.00. The number of ketones is 1. The highest BCUT2D eigenvalue weighted by Crippen LogP contribution is 2.42. The summed E-state index contributed by atoms with van der Waals surface area (Å²) in [6.45, 7) is 1.94. The van der Waals surface area contributed by atoms with Crippen LogP contribution in [0.4, 0.5) is 20.2 Å². The van der Waals surface area contributed by atoms with Crippen LogP contribution in [0.5, 0.6) is 0 Å². The lowest BCUT2D eigenvalue weighted by molar-refractivity contribution is -0.132. The van der Waals surface area contributed by atoms with Crippen LogP contribution in [0, 0.1) is 11.6 Å². The molecule has 5 nitrogen and oxygen atoms in total. The fourth-order valence-electron chi connectivity index (χ4n) is 4.62. The summed E-state index contributed by atoms with van der Waals surface area (Å²) in [5, 5.41) is 11.0. The molecule has 0 aliphatic carbocycles. The number of hydrogen-bond donors (Lipinski definition) is 1. The van der Waals surface area contributed by atoms with Gasteiger partial charge >= 0.3 is 0 Å². The van der Waals surface area contributed by atoms with Gasteiger partial charge in [0.05, 0.1) is 11.6 Å². The van der Waals surface area contributed by atoms with Crippen LogP contribution in [-0.2, 0) is 9.59 Å². The van der Waals surface area contributed by atoms with Gasteiger partial charge in [-0.25, -0.2) is 8.78 Å². The normalized spacial score (nSPS) is 19.8. The van der Waals surface area contributed by atoms with E-state index in [1.54, 1.807) is 12.1 Å². The molecular weight excluding hydrogens is 438 g/mol. The van der Waals surface area contributed by atoms with E-state index in [9.17, 15) is 23.5 Å². The minimum absolute atomic E-state index is 0.133. The number of rotatable bonds is 4. The maximum absolute atomic E-state index is 13.6. The Labute approximate surface area is 195 Å². The van der Waals surface area contributed by atoms with Crippen LogP contribution in [0.3, 0.4) is 0 Å². The second kappa shape index (κ2) is 8.74. The Morgan fingerprint density at radius 2 is 1.29 bits per heavy atom. The van der Waals surface area contributed by atoms with E-state index in [4.69, 9.17) is 0 Å². The molecule has 3 aromatic carbocycles. The number of carbonyl (C=O) groups is 2. The predicted molar refractivity (Wildman–Crippen MR) is 125 cm³/mol. The maximum Gasteiger partial charge on any atom is 0.300 e. The number of Topliss-reactive ketones (excluding diaryl/α,β-unsaturated/α-hetero) is 1. The lowest BCUT2D eigenvalue weighted by Crippen LogP contribution is -2.29. The van der Waals surface area contributed by atoms with Gasteiger partial charge in [-0.3, -0.25) is 14.5 Å². The van der Waals surface area contributed by atoms with Crippen LogP contribution in [0.25, 0.3) is 5.76 Å². The first kappa shape index (κ1) is 21.8. The van der Waals surface area contributed by atoms with Crippen LogP contribution in [0.15, 0.2) is 78.4 Å². The Bertz CT molecular complexity index is 1260. The molecule has 34 heavy (non-hydrogen) atoms. The Morgan fingerprint density at radius 3 is 1.88 bits per heavy atom. The van der Waals surface area contributed by atoms with Gasteiger partial charge in [0.25, 0.3) is 11.7 Å². The number of aliphatic hydroxyl groups is 1. The van der Waals surface area contributed by atoms with Crippen molar-refractivity contribution in [2.75, 3.05) is 22.9 Å². The Kier molecular flexibility index (Phi) is 5.61. The van der Waals surface area contributed by atoms with Crippen molar-refractivity contribution in [2.45, 2.75) is 18.9 Å². The zero-order chi connectivity index (χ0) is 23.8. The fourth-order valence-corrected chi connectivity index (χ4v) is 4.62. The number of amides is 1. The zero-order valence-electron chi connectivity index (χ0n) is 18.2. The minimum Gasteiger partial charge on any atom is -0.507 e. The van der Waals surface area contributed by atoms with Crippen molar-refractivity contribution in [3.63, 3.8) is 0 Å². The van der Waals surface area contributed by atoms with Gasteiger partial charge in [0, 0.05) is 30.0 Å².